The van der Waals surface area contributed by atoms with Crippen LogP contribution in [0.15, 0.2) is 18.2 Å². The van der Waals surface area contributed by atoms with Crippen LogP contribution in [0.3, 0.4) is 0 Å². The van der Waals surface area contributed by atoms with Gasteiger partial charge in [-0.1, -0.05) is 11.6 Å². The average Bonchev–Trinajstić information content (AvgIpc) is 2.31. The molecule has 0 unspecified atom stereocenters. The second-order valence-electron chi connectivity index (χ2n) is 3.57. The van der Waals surface area contributed by atoms with Gasteiger partial charge in [-0.15, -0.1) is 0 Å². The van der Waals surface area contributed by atoms with Crippen LogP contribution in [0.2, 0.25) is 5.02 Å². The Morgan fingerprint density at radius 2 is 2.11 bits per heavy atom. The fourth-order valence-corrected chi connectivity index (χ4v) is 1.40. The maximum Gasteiger partial charge on any atom is 0.416 e. The number of urea groups is 1. The molecule has 0 bridgehead atoms. The second-order valence-corrected chi connectivity index (χ2v) is 3.97. The largest absolute Gasteiger partial charge is 0.416 e. The van der Waals surface area contributed by atoms with E-state index in [-0.39, 0.29) is 17.3 Å². The highest BCUT2D eigenvalue weighted by Gasteiger charge is 2.31. The Kier molecular flexibility index (Phi) is 5.44. The van der Waals surface area contributed by atoms with Crippen molar-refractivity contribution in [3.05, 3.63) is 28.8 Å². The minimum absolute atomic E-state index is 0.0230. The summed E-state index contributed by atoms with van der Waals surface area (Å²) in [6.45, 7) is 0.530. The zero-order valence-electron chi connectivity index (χ0n) is 9.97. The van der Waals surface area contributed by atoms with Gasteiger partial charge in [-0.2, -0.15) is 13.2 Å². The smallest absolute Gasteiger partial charge is 0.383 e. The molecule has 0 radical (unpaired) electrons. The van der Waals surface area contributed by atoms with Crippen LogP contribution >= 0.6 is 11.6 Å². The van der Waals surface area contributed by atoms with Crippen molar-refractivity contribution in [2.24, 2.45) is 0 Å². The van der Waals surface area contributed by atoms with Crippen molar-refractivity contribution >= 4 is 23.3 Å². The van der Waals surface area contributed by atoms with Gasteiger partial charge in [0.15, 0.2) is 0 Å². The number of ether oxygens (including phenoxy) is 1. The number of hydrogen-bond donors (Lipinski definition) is 2. The highest BCUT2D eigenvalue weighted by molar-refractivity contribution is 6.33. The Morgan fingerprint density at radius 1 is 1.42 bits per heavy atom. The van der Waals surface area contributed by atoms with E-state index >= 15 is 0 Å². The lowest BCUT2D eigenvalue weighted by Crippen LogP contribution is -2.31. The lowest BCUT2D eigenvalue weighted by molar-refractivity contribution is -0.137. The summed E-state index contributed by atoms with van der Waals surface area (Å²) in [5.41, 5.74) is -0.990. The summed E-state index contributed by atoms with van der Waals surface area (Å²) in [5.74, 6) is 0. The van der Waals surface area contributed by atoms with E-state index in [1.165, 1.54) is 7.11 Å². The molecule has 0 saturated heterocycles. The molecule has 8 heteroatoms. The van der Waals surface area contributed by atoms with E-state index in [2.05, 4.69) is 10.6 Å². The number of benzene rings is 1. The van der Waals surface area contributed by atoms with Crippen molar-refractivity contribution in [3.63, 3.8) is 0 Å². The Bertz CT molecular complexity index is 452. The third kappa shape index (κ3) is 4.96. The van der Waals surface area contributed by atoms with Crippen LogP contribution in [0.4, 0.5) is 23.7 Å². The number of hydrogen-bond acceptors (Lipinski definition) is 2. The van der Waals surface area contributed by atoms with Crippen LogP contribution in [0.1, 0.15) is 5.56 Å². The van der Waals surface area contributed by atoms with Gasteiger partial charge in [0.1, 0.15) is 0 Å². The quantitative estimate of drug-likeness (QED) is 0.839. The van der Waals surface area contributed by atoms with Crippen LogP contribution in [-0.2, 0) is 10.9 Å². The van der Waals surface area contributed by atoms with Crippen LogP contribution < -0.4 is 10.6 Å². The molecule has 2 N–H and O–H groups in total. The van der Waals surface area contributed by atoms with E-state index in [0.717, 1.165) is 18.2 Å². The van der Waals surface area contributed by atoms with Crippen molar-refractivity contribution in [2.75, 3.05) is 25.6 Å². The number of carbonyl (C=O) groups is 1. The van der Waals surface area contributed by atoms with Gasteiger partial charge in [-0.25, -0.2) is 4.79 Å². The van der Waals surface area contributed by atoms with E-state index in [9.17, 15) is 18.0 Å². The molecule has 106 valence electrons. The first-order valence-electron chi connectivity index (χ1n) is 5.25. The molecular formula is C11H12ClF3N2O2. The third-order valence-corrected chi connectivity index (χ3v) is 2.46. The molecule has 0 saturated carbocycles. The standard InChI is InChI=1S/C11H12ClF3N2O2/c1-19-5-4-16-10(18)17-9-6-7(11(13,14)15)2-3-8(9)12/h2-3,6H,4-5H2,1H3,(H2,16,17,18). The molecular weight excluding hydrogens is 285 g/mol. The summed E-state index contributed by atoms with van der Waals surface area (Å²) in [7, 11) is 1.46. The van der Waals surface area contributed by atoms with Crippen LogP contribution in [0, 0.1) is 0 Å². The first-order valence-corrected chi connectivity index (χ1v) is 5.63. The first kappa shape index (κ1) is 15.6. The third-order valence-electron chi connectivity index (χ3n) is 2.13. The van der Waals surface area contributed by atoms with E-state index in [1.807, 2.05) is 0 Å². The molecule has 2 amide bonds. The van der Waals surface area contributed by atoms with E-state index in [1.54, 1.807) is 0 Å². The SMILES string of the molecule is COCCNC(=O)Nc1cc(C(F)(F)F)ccc1Cl. The monoisotopic (exact) mass is 296 g/mol. The highest BCUT2D eigenvalue weighted by atomic mass is 35.5. The molecule has 19 heavy (non-hydrogen) atoms. The minimum Gasteiger partial charge on any atom is -0.383 e. The Morgan fingerprint density at radius 3 is 2.68 bits per heavy atom. The summed E-state index contributed by atoms with van der Waals surface area (Å²) in [4.78, 5) is 11.4. The number of methoxy groups -OCH3 is 1. The lowest BCUT2D eigenvalue weighted by atomic mass is 10.2. The normalized spacial score (nSPS) is 11.2. The summed E-state index contributed by atoms with van der Waals surface area (Å²) in [6, 6.07) is 2.04. The number of amides is 2. The lowest BCUT2D eigenvalue weighted by Gasteiger charge is -2.12. The van der Waals surface area contributed by atoms with Gasteiger partial charge in [-0.05, 0) is 18.2 Å². The fraction of sp³-hybridized carbons (Fsp3) is 0.364. The molecule has 0 atom stereocenters. The van der Waals surface area contributed by atoms with Gasteiger partial charge in [0.25, 0.3) is 0 Å². The molecule has 1 rings (SSSR count). The van der Waals surface area contributed by atoms with Crippen molar-refractivity contribution < 1.29 is 22.7 Å². The molecule has 1 aromatic carbocycles. The summed E-state index contributed by atoms with van der Waals surface area (Å²) >= 11 is 5.72. The first-order chi connectivity index (χ1) is 8.84. The Labute approximate surface area is 112 Å². The average molecular weight is 297 g/mol. The maximum atomic E-state index is 12.5. The summed E-state index contributed by atoms with van der Waals surface area (Å²) in [6.07, 6.45) is -4.49. The Balaban J connectivity index is 2.74. The molecule has 0 aromatic heterocycles. The van der Waals surface area contributed by atoms with Crippen LogP contribution in [0.25, 0.3) is 0 Å². The van der Waals surface area contributed by atoms with Gasteiger partial charge in [0.2, 0.25) is 0 Å². The molecule has 0 aliphatic rings. The number of carbonyl (C=O) groups excluding carboxylic acids is 1. The van der Waals surface area contributed by atoms with Gasteiger partial charge in [0, 0.05) is 13.7 Å². The number of rotatable bonds is 4. The topological polar surface area (TPSA) is 50.4 Å². The predicted molar refractivity (Wildman–Crippen MR) is 65.4 cm³/mol. The van der Waals surface area contributed by atoms with Gasteiger partial charge in [-0.3, -0.25) is 0 Å². The van der Waals surface area contributed by atoms with Crippen molar-refractivity contribution in [2.45, 2.75) is 6.18 Å². The van der Waals surface area contributed by atoms with E-state index in [0.29, 0.717) is 6.61 Å². The Hall–Kier alpha value is -1.47. The van der Waals surface area contributed by atoms with Gasteiger partial charge >= 0.3 is 12.2 Å². The number of anilines is 1. The number of halogens is 4. The molecule has 4 nitrogen and oxygen atoms in total. The zero-order valence-corrected chi connectivity index (χ0v) is 10.7. The van der Waals surface area contributed by atoms with Crippen molar-refractivity contribution in [1.82, 2.24) is 5.32 Å². The van der Waals surface area contributed by atoms with Crippen LogP contribution in [-0.4, -0.2) is 26.3 Å². The van der Waals surface area contributed by atoms with Gasteiger partial charge < -0.3 is 15.4 Å². The second kappa shape index (κ2) is 6.63. The molecule has 1 aromatic rings. The van der Waals surface area contributed by atoms with Crippen molar-refractivity contribution in [1.29, 1.82) is 0 Å². The molecule has 0 aliphatic carbocycles. The van der Waals surface area contributed by atoms with Crippen molar-refractivity contribution in [3.8, 4) is 0 Å². The fourth-order valence-electron chi connectivity index (χ4n) is 1.23. The number of nitrogens with one attached hydrogen (secondary N) is 2. The molecule has 0 spiro atoms. The van der Waals surface area contributed by atoms with E-state index < -0.39 is 17.8 Å². The summed E-state index contributed by atoms with van der Waals surface area (Å²) < 4.78 is 42.2. The van der Waals surface area contributed by atoms with E-state index in [4.69, 9.17) is 16.3 Å². The molecule has 0 fully saturated rings. The molecule has 0 aliphatic heterocycles. The minimum atomic E-state index is -4.49. The predicted octanol–water partition coefficient (Wildman–Crippen LogP) is 3.13. The van der Waals surface area contributed by atoms with Gasteiger partial charge in [0.05, 0.1) is 22.9 Å². The van der Waals surface area contributed by atoms with Crippen LogP contribution in [0.5, 0.6) is 0 Å². The highest BCUT2D eigenvalue weighted by Crippen LogP contribution is 2.33. The number of alkyl halides is 3. The molecule has 0 heterocycles. The zero-order chi connectivity index (χ0) is 14.5. The maximum absolute atomic E-state index is 12.5. The summed E-state index contributed by atoms with van der Waals surface area (Å²) in [5, 5.41) is 4.67.